The number of hydrazone groups is 1. The lowest BCUT2D eigenvalue weighted by Crippen LogP contribution is -2.41. The van der Waals surface area contributed by atoms with E-state index in [1.165, 1.54) is 6.21 Å². The molecule has 0 radical (unpaired) electrons. The number of nitrogens with one attached hydrogen (secondary N) is 2. The van der Waals surface area contributed by atoms with Gasteiger partial charge in [-0.2, -0.15) is 5.10 Å². The Kier molecular flexibility index (Phi) is 8.23. The summed E-state index contributed by atoms with van der Waals surface area (Å²) in [5.41, 5.74) is 1.84. The molecule has 0 aliphatic carbocycles. The summed E-state index contributed by atoms with van der Waals surface area (Å²) in [5.74, 6) is -1.65. The molecule has 12 heteroatoms. The molecule has 4 aromatic carbocycles. The second-order valence-corrected chi connectivity index (χ2v) is 11.2. The topological polar surface area (TPSA) is 157 Å². The lowest BCUT2D eigenvalue weighted by atomic mass is 10.2. The Morgan fingerprint density at radius 1 is 0.769 bits per heavy atom. The minimum atomic E-state index is -3.62. The first-order chi connectivity index (χ1) is 18.8. The van der Waals surface area contributed by atoms with Crippen LogP contribution in [0.2, 0.25) is 0 Å². The van der Waals surface area contributed by atoms with Gasteiger partial charge in [-0.3, -0.25) is 30.4 Å². The summed E-state index contributed by atoms with van der Waals surface area (Å²) in [6.45, 7) is 0. The monoisotopic (exact) mass is 543 g/mol. The van der Waals surface area contributed by atoms with Crippen LogP contribution in [-0.4, -0.2) is 27.8 Å². The number of benzene rings is 4. The van der Waals surface area contributed by atoms with E-state index in [2.05, 4.69) is 15.8 Å². The molecular weight excluding hydrogens is 521 g/mol. The first kappa shape index (κ1) is 26.9. The number of hydrogen-bond acceptors (Lipinski definition) is 8. The summed E-state index contributed by atoms with van der Waals surface area (Å²) in [5, 5.41) is 30.3. The highest BCUT2D eigenvalue weighted by Gasteiger charge is 2.37. The Morgan fingerprint density at radius 2 is 1.23 bits per heavy atom. The van der Waals surface area contributed by atoms with Crippen molar-refractivity contribution in [3.63, 3.8) is 0 Å². The number of nitro benzene ring substituents is 2. The number of rotatable bonds is 10. The van der Waals surface area contributed by atoms with Gasteiger partial charge in [0.2, 0.25) is 0 Å². The highest BCUT2D eigenvalue weighted by atomic mass is 31.2. The van der Waals surface area contributed by atoms with E-state index < -0.39 is 40.1 Å². The van der Waals surface area contributed by atoms with Crippen molar-refractivity contribution in [3.8, 4) is 0 Å². The van der Waals surface area contributed by atoms with Crippen molar-refractivity contribution in [3.05, 3.63) is 135 Å². The first-order valence-corrected chi connectivity index (χ1v) is 13.4. The van der Waals surface area contributed by atoms with Crippen LogP contribution in [0, 0.1) is 20.2 Å². The molecule has 4 rings (SSSR count). The van der Waals surface area contributed by atoms with Gasteiger partial charge in [0.05, 0.1) is 27.8 Å². The molecule has 1 amide bonds. The average Bonchev–Trinajstić information content (AvgIpc) is 2.97. The van der Waals surface area contributed by atoms with Gasteiger partial charge in [0.25, 0.3) is 17.3 Å². The molecule has 0 spiro atoms. The maximum Gasteiger partial charge on any atom is 0.278 e. The predicted molar refractivity (Wildman–Crippen MR) is 149 cm³/mol. The molecule has 0 aliphatic heterocycles. The third-order valence-corrected chi connectivity index (χ3v) is 8.90. The summed E-state index contributed by atoms with van der Waals surface area (Å²) >= 11 is 0. The van der Waals surface area contributed by atoms with Crippen molar-refractivity contribution in [1.82, 2.24) is 5.32 Å². The second kappa shape index (κ2) is 11.9. The van der Waals surface area contributed by atoms with E-state index >= 15 is 0 Å². The molecule has 0 aliphatic rings. The highest BCUT2D eigenvalue weighted by Crippen LogP contribution is 2.47. The van der Waals surface area contributed by atoms with Crippen LogP contribution in [0.5, 0.6) is 0 Å². The quantitative estimate of drug-likeness (QED) is 0.127. The van der Waals surface area contributed by atoms with Crippen molar-refractivity contribution >= 4 is 46.9 Å². The van der Waals surface area contributed by atoms with Crippen molar-refractivity contribution in [2.45, 2.75) is 5.78 Å². The molecule has 4 aromatic rings. The number of carbonyl (C=O) groups is 1. The van der Waals surface area contributed by atoms with Gasteiger partial charge in [-0.15, -0.1) is 0 Å². The molecule has 0 fully saturated rings. The Bertz CT molecular complexity index is 1490. The fraction of sp³-hybridized carbons (Fsp3) is 0.0370. The molecule has 11 nitrogen and oxygen atoms in total. The third-order valence-electron chi connectivity index (χ3n) is 5.72. The third kappa shape index (κ3) is 6.23. The summed E-state index contributed by atoms with van der Waals surface area (Å²) in [4.78, 5) is 34.1. The van der Waals surface area contributed by atoms with Gasteiger partial charge in [-0.1, -0.05) is 78.9 Å². The van der Waals surface area contributed by atoms with Crippen molar-refractivity contribution in [1.29, 1.82) is 0 Å². The maximum atomic E-state index is 14.9. The highest BCUT2D eigenvalue weighted by molar-refractivity contribution is 7.80. The predicted octanol–water partition coefficient (Wildman–Crippen LogP) is 4.67. The molecular formula is C27H22N5O6P. The summed E-state index contributed by atoms with van der Waals surface area (Å²) in [7, 11) is -3.62. The fourth-order valence-corrected chi connectivity index (χ4v) is 6.58. The minimum Gasteiger partial charge on any atom is -0.337 e. The van der Waals surface area contributed by atoms with Crippen LogP contribution in [0.3, 0.4) is 0 Å². The lowest BCUT2D eigenvalue weighted by molar-refractivity contribution is -0.394. The Hall–Kier alpha value is -5.15. The standard InChI is InChI=1S/C27H22N5O6P/c33-27(20-10-4-1-5-11-20)29-26(19-28-30-21-16-22(31(34)35)18-23(17-21)32(36)37)39(38,24-12-6-2-7-13-24)25-14-8-3-9-15-25/h1-19,26,30H,(H,29,33)/t26-/m1/s1. The average molecular weight is 543 g/mol. The molecule has 0 saturated heterocycles. The normalized spacial score (nSPS) is 12.0. The number of nitrogens with zero attached hydrogens (tertiary/aromatic N) is 3. The lowest BCUT2D eigenvalue weighted by Gasteiger charge is -2.27. The zero-order chi connectivity index (χ0) is 27.8. The van der Waals surface area contributed by atoms with E-state index in [4.69, 9.17) is 0 Å². The van der Waals surface area contributed by atoms with Gasteiger partial charge in [0.1, 0.15) is 5.78 Å². The van der Waals surface area contributed by atoms with E-state index in [1.54, 1.807) is 91.0 Å². The molecule has 0 bridgehead atoms. The molecule has 0 unspecified atom stereocenters. The van der Waals surface area contributed by atoms with Crippen LogP contribution < -0.4 is 21.4 Å². The number of non-ortho nitro benzene ring substituents is 2. The van der Waals surface area contributed by atoms with Gasteiger partial charge < -0.3 is 9.88 Å². The zero-order valence-corrected chi connectivity index (χ0v) is 21.2. The van der Waals surface area contributed by atoms with Crippen LogP contribution in [0.25, 0.3) is 0 Å². The van der Waals surface area contributed by atoms with Gasteiger partial charge in [-0.05, 0) is 12.1 Å². The zero-order valence-electron chi connectivity index (χ0n) is 20.3. The van der Waals surface area contributed by atoms with Crippen LogP contribution in [0.15, 0.2) is 114 Å². The Labute approximate surface area is 222 Å². The molecule has 0 heterocycles. The number of nitro groups is 2. The number of anilines is 1. The van der Waals surface area contributed by atoms with Crippen molar-refractivity contribution in [2.24, 2.45) is 5.10 Å². The van der Waals surface area contributed by atoms with Gasteiger partial charge in [0.15, 0.2) is 7.14 Å². The van der Waals surface area contributed by atoms with Crippen molar-refractivity contribution in [2.75, 3.05) is 5.43 Å². The number of amides is 1. The van der Waals surface area contributed by atoms with Gasteiger partial charge in [0, 0.05) is 28.3 Å². The van der Waals surface area contributed by atoms with E-state index in [-0.39, 0.29) is 5.69 Å². The summed E-state index contributed by atoms with van der Waals surface area (Å²) in [6.07, 6.45) is 1.23. The largest absolute Gasteiger partial charge is 0.337 e. The van der Waals surface area contributed by atoms with Crippen LogP contribution in [-0.2, 0) is 4.57 Å². The number of hydrogen-bond donors (Lipinski definition) is 2. The van der Waals surface area contributed by atoms with Gasteiger partial charge in [-0.25, -0.2) is 0 Å². The van der Waals surface area contributed by atoms with Gasteiger partial charge >= 0.3 is 0 Å². The van der Waals surface area contributed by atoms with E-state index in [9.17, 15) is 29.6 Å². The van der Waals surface area contributed by atoms with Crippen LogP contribution in [0.1, 0.15) is 10.4 Å². The fourth-order valence-electron chi connectivity index (χ4n) is 3.85. The van der Waals surface area contributed by atoms with E-state index in [1.807, 2.05) is 0 Å². The number of carbonyl (C=O) groups excluding carboxylic acids is 1. The Morgan fingerprint density at radius 3 is 1.69 bits per heavy atom. The maximum absolute atomic E-state index is 14.9. The smallest absolute Gasteiger partial charge is 0.278 e. The SMILES string of the molecule is O=C(N[C@@H](C=NNc1cc([N+](=O)[O-])cc([N+](=O)[O-])c1)P(=O)(c1ccccc1)c1ccccc1)c1ccccc1. The molecule has 196 valence electrons. The molecule has 1 atom stereocenters. The summed E-state index contributed by atoms with van der Waals surface area (Å²) in [6, 6.07) is 28.6. The molecule has 39 heavy (non-hydrogen) atoms. The first-order valence-electron chi connectivity index (χ1n) is 11.6. The van der Waals surface area contributed by atoms with Crippen LogP contribution >= 0.6 is 7.14 Å². The van der Waals surface area contributed by atoms with E-state index in [0.29, 0.717) is 16.2 Å². The molecule has 0 saturated carbocycles. The molecule has 2 N–H and O–H groups in total. The Balaban J connectivity index is 1.77. The van der Waals surface area contributed by atoms with E-state index in [0.717, 1.165) is 18.2 Å². The minimum absolute atomic E-state index is 0.0328. The van der Waals surface area contributed by atoms with Crippen molar-refractivity contribution < 1.29 is 19.2 Å². The summed E-state index contributed by atoms with van der Waals surface area (Å²) < 4.78 is 14.9. The second-order valence-electron chi connectivity index (χ2n) is 8.26. The molecule has 0 aromatic heterocycles. The van der Waals surface area contributed by atoms with Crippen LogP contribution in [0.4, 0.5) is 17.1 Å².